The van der Waals surface area contributed by atoms with Gasteiger partial charge < -0.3 is 19.8 Å². The molecule has 0 radical (unpaired) electrons. The Morgan fingerprint density at radius 2 is 1.92 bits per heavy atom. The van der Waals surface area contributed by atoms with Crippen LogP contribution in [0.3, 0.4) is 0 Å². The predicted molar refractivity (Wildman–Crippen MR) is 138 cm³/mol. The first-order chi connectivity index (χ1) is 18.0. The third kappa shape index (κ3) is 9.22. The van der Waals surface area contributed by atoms with E-state index in [0.717, 1.165) is 50.2 Å². The molecule has 1 aromatic carbocycles. The number of rotatable bonds is 15. The summed E-state index contributed by atoms with van der Waals surface area (Å²) >= 11 is 0. The number of carbonyl (C=O) groups is 3. The molecule has 1 atom stereocenters. The molecule has 1 aliphatic rings. The molecule has 2 aromatic rings. The van der Waals surface area contributed by atoms with Crippen LogP contribution in [0.25, 0.3) is 11.3 Å². The van der Waals surface area contributed by atoms with E-state index in [1.807, 2.05) is 31.2 Å². The lowest BCUT2D eigenvalue weighted by atomic mass is 9.96. The van der Waals surface area contributed by atoms with Gasteiger partial charge in [0.1, 0.15) is 18.1 Å². The summed E-state index contributed by atoms with van der Waals surface area (Å²) in [5.74, 6) is -0.651. The van der Waals surface area contributed by atoms with Gasteiger partial charge in [0.2, 0.25) is 11.8 Å². The fourth-order valence-electron chi connectivity index (χ4n) is 4.33. The zero-order valence-corrected chi connectivity index (χ0v) is 21.5. The highest BCUT2D eigenvalue weighted by Crippen LogP contribution is 2.26. The maximum atomic E-state index is 12.5. The first-order valence-electron chi connectivity index (χ1n) is 13.0. The number of hydrogen-bond donors (Lipinski definition) is 4. The van der Waals surface area contributed by atoms with Gasteiger partial charge in [0.15, 0.2) is 5.76 Å². The van der Waals surface area contributed by atoms with E-state index in [2.05, 4.69) is 15.5 Å². The van der Waals surface area contributed by atoms with Gasteiger partial charge in [0, 0.05) is 24.4 Å². The average molecular weight is 515 g/mol. The summed E-state index contributed by atoms with van der Waals surface area (Å²) in [6, 6.07) is 10.8. The van der Waals surface area contributed by atoms with Crippen molar-refractivity contribution in [2.24, 2.45) is 5.92 Å². The highest BCUT2D eigenvalue weighted by atomic mass is 16.5. The molecule has 1 saturated heterocycles. The Bertz CT molecular complexity index is 1020. The lowest BCUT2D eigenvalue weighted by molar-refractivity contribution is -0.135. The topological polar surface area (TPSA) is 133 Å². The first kappa shape index (κ1) is 28.2. The van der Waals surface area contributed by atoms with Gasteiger partial charge in [-0.2, -0.15) is 0 Å². The summed E-state index contributed by atoms with van der Waals surface area (Å²) in [7, 11) is 0. The quantitative estimate of drug-likeness (QED) is 0.124. The fraction of sp³-hybridized carbons (Fsp3) is 0.519. The molecule has 0 aliphatic carbocycles. The van der Waals surface area contributed by atoms with E-state index < -0.39 is 17.7 Å². The van der Waals surface area contributed by atoms with Gasteiger partial charge in [-0.15, -0.1) is 0 Å². The van der Waals surface area contributed by atoms with E-state index in [0.29, 0.717) is 18.8 Å². The lowest BCUT2D eigenvalue weighted by Gasteiger charge is -2.16. The average Bonchev–Trinajstić information content (AvgIpc) is 3.61. The monoisotopic (exact) mass is 514 g/mol. The fourth-order valence-corrected chi connectivity index (χ4v) is 4.33. The zero-order chi connectivity index (χ0) is 26.5. The van der Waals surface area contributed by atoms with Crippen molar-refractivity contribution in [3.8, 4) is 17.1 Å². The van der Waals surface area contributed by atoms with Crippen LogP contribution in [0.15, 0.2) is 40.8 Å². The molecule has 0 unspecified atom stereocenters. The number of likely N-dealkylation sites (tertiary alicyclic amines) is 1. The van der Waals surface area contributed by atoms with Crippen molar-refractivity contribution in [3.63, 3.8) is 0 Å². The Morgan fingerprint density at radius 3 is 2.68 bits per heavy atom. The molecule has 1 aromatic heterocycles. The maximum Gasteiger partial charge on any atom is 0.288 e. The number of benzene rings is 1. The van der Waals surface area contributed by atoms with Crippen LogP contribution in [0.5, 0.6) is 5.75 Å². The number of amides is 3. The minimum atomic E-state index is -0.621. The predicted octanol–water partition coefficient (Wildman–Crippen LogP) is 3.32. The van der Waals surface area contributed by atoms with Gasteiger partial charge >= 0.3 is 0 Å². The number of nitrogens with one attached hydrogen (secondary N) is 3. The molecule has 2 heterocycles. The van der Waals surface area contributed by atoms with Crippen molar-refractivity contribution in [2.75, 3.05) is 32.9 Å². The Labute approximate surface area is 217 Å². The molecular weight excluding hydrogens is 476 g/mol. The molecule has 1 aliphatic heterocycles. The minimum absolute atomic E-state index is 0.112. The second-order valence-corrected chi connectivity index (χ2v) is 9.24. The van der Waals surface area contributed by atoms with E-state index >= 15 is 0 Å². The van der Waals surface area contributed by atoms with Crippen molar-refractivity contribution in [1.29, 1.82) is 0 Å². The van der Waals surface area contributed by atoms with Gasteiger partial charge in [-0.3, -0.25) is 24.5 Å². The zero-order valence-electron chi connectivity index (χ0n) is 21.5. The molecule has 3 amide bonds. The Kier molecular flexibility index (Phi) is 11.4. The van der Waals surface area contributed by atoms with Crippen LogP contribution < -0.4 is 20.9 Å². The van der Waals surface area contributed by atoms with E-state index in [1.165, 1.54) is 12.8 Å². The van der Waals surface area contributed by atoms with E-state index in [1.54, 1.807) is 17.6 Å². The largest absolute Gasteiger partial charge is 0.492 e. The lowest BCUT2D eigenvalue weighted by Crippen LogP contribution is -2.41. The highest BCUT2D eigenvalue weighted by molar-refractivity contribution is 5.92. The molecule has 202 valence electrons. The van der Waals surface area contributed by atoms with Crippen LogP contribution in [-0.4, -0.2) is 60.7 Å². The van der Waals surface area contributed by atoms with Crippen molar-refractivity contribution < 1.29 is 28.7 Å². The number of furan rings is 1. The summed E-state index contributed by atoms with van der Waals surface area (Å²) in [6.07, 6.45) is 5.61. The molecular formula is C27H38N4O6. The van der Waals surface area contributed by atoms with Crippen LogP contribution >= 0.6 is 0 Å². The summed E-state index contributed by atoms with van der Waals surface area (Å²) < 4.78 is 11.6. The summed E-state index contributed by atoms with van der Waals surface area (Å²) in [5, 5.41) is 14.0. The van der Waals surface area contributed by atoms with E-state index in [9.17, 15) is 14.4 Å². The molecule has 1 fully saturated rings. The highest BCUT2D eigenvalue weighted by Gasteiger charge is 2.22. The molecule has 0 spiro atoms. The third-order valence-electron chi connectivity index (χ3n) is 6.42. The van der Waals surface area contributed by atoms with Gasteiger partial charge in [0.25, 0.3) is 5.91 Å². The summed E-state index contributed by atoms with van der Waals surface area (Å²) in [5.41, 5.74) is 2.36. The van der Waals surface area contributed by atoms with Crippen molar-refractivity contribution in [1.82, 2.24) is 21.0 Å². The van der Waals surface area contributed by atoms with Gasteiger partial charge in [-0.25, -0.2) is 5.48 Å². The molecule has 10 nitrogen and oxygen atoms in total. The Hall–Kier alpha value is -3.37. The number of carbonyl (C=O) groups excluding carboxylic acids is 3. The number of ether oxygens (including phenoxy) is 1. The van der Waals surface area contributed by atoms with Crippen LogP contribution in [0.2, 0.25) is 0 Å². The maximum absolute atomic E-state index is 12.5. The second kappa shape index (κ2) is 15.0. The number of nitrogens with zero attached hydrogens (tertiary/aromatic N) is 1. The first-order valence-corrected chi connectivity index (χ1v) is 13.0. The van der Waals surface area contributed by atoms with Crippen LogP contribution in [0.1, 0.15) is 62.4 Å². The number of hydrogen-bond acceptors (Lipinski definition) is 7. The normalized spacial score (nSPS) is 14.2. The van der Waals surface area contributed by atoms with E-state index in [4.69, 9.17) is 14.4 Å². The van der Waals surface area contributed by atoms with Crippen molar-refractivity contribution in [2.45, 2.75) is 51.9 Å². The van der Waals surface area contributed by atoms with E-state index in [-0.39, 0.29) is 24.8 Å². The SMILES string of the molecule is CCCCC[C@H](CC(=O)NO)C(=O)NCNC(=O)c1ccc(-c2cccc(OCCN3CCCC3)c2)o1. The van der Waals surface area contributed by atoms with Crippen LogP contribution in [-0.2, 0) is 9.59 Å². The summed E-state index contributed by atoms with van der Waals surface area (Å²) in [6.45, 7) is 5.71. The molecule has 37 heavy (non-hydrogen) atoms. The smallest absolute Gasteiger partial charge is 0.288 e. The Morgan fingerprint density at radius 1 is 1.11 bits per heavy atom. The van der Waals surface area contributed by atoms with Gasteiger partial charge in [-0.1, -0.05) is 38.3 Å². The third-order valence-corrected chi connectivity index (χ3v) is 6.42. The Balaban J connectivity index is 1.47. The van der Waals surface area contributed by atoms with Crippen LogP contribution in [0.4, 0.5) is 0 Å². The van der Waals surface area contributed by atoms with Gasteiger partial charge in [-0.05, 0) is 56.6 Å². The van der Waals surface area contributed by atoms with Gasteiger partial charge in [0.05, 0.1) is 6.67 Å². The summed E-state index contributed by atoms with van der Waals surface area (Å²) in [4.78, 5) is 39.0. The van der Waals surface area contributed by atoms with Crippen LogP contribution in [0, 0.1) is 5.92 Å². The number of hydroxylamine groups is 1. The minimum Gasteiger partial charge on any atom is -0.492 e. The molecule has 0 saturated carbocycles. The number of unbranched alkanes of at least 4 members (excludes halogenated alkanes) is 2. The molecule has 4 N–H and O–H groups in total. The molecule has 10 heteroatoms. The standard InChI is InChI=1S/C27H38N4O6/c1-2-3-4-8-21(18-25(32)30-35)26(33)28-19-29-27(34)24-12-11-23(37-24)20-9-7-10-22(17-20)36-16-15-31-13-5-6-14-31/h7,9-12,17,21,35H,2-6,8,13-16,18-19H2,1H3,(H,28,33)(H,29,34)(H,30,32)/t21-/m1/s1. The molecule has 0 bridgehead atoms. The van der Waals surface area contributed by atoms with Crippen molar-refractivity contribution >= 4 is 17.7 Å². The van der Waals surface area contributed by atoms with Crippen molar-refractivity contribution in [3.05, 3.63) is 42.2 Å². The molecule has 3 rings (SSSR count). The second-order valence-electron chi connectivity index (χ2n) is 9.24.